The molecule has 3 N–H and O–H groups in total. The van der Waals surface area contributed by atoms with Crippen LogP contribution in [0.25, 0.3) is 0 Å². The lowest BCUT2D eigenvalue weighted by Crippen LogP contribution is -2.43. The first-order chi connectivity index (χ1) is 14.6. The molecule has 10 heteroatoms. The number of ether oxygens (including phenoxy) is 1. The maximum absolute atomic E-state index is 12.9. The standard InChI is InChI=1S/C21H28N4O5S/c1-14(17-6-4-5-7-19(17)30-3)23-21(27)15-8-10-25(11-9-15)31(28,29)16-12-18(20(22)26)24(2)13-16/h4-7,12-15H,8-11H2,1-3H3,(H2,22,26)(H,23,27). The number of hydrogen-bond donors (Lipinski definition) is 2. The van der Waals surface area contributed by atoms with Crippen LogP contribution < -0.4 is 15.8 Å². The zero-order valence-corrected chi connectivity index (χ0v) is 18.7. The van der Waals surface area contributed by atoms with Gasteiger partial charge < -0.3 is 20.4 Å². The first kappa shape index (κ1) is 22.8. The highest BCUT2D eigenvalue weighted by molar-refractivity contribution is 7.89. The molecule has 1 aromatic carbocycles. The summed E-state index contributed by atoms with van der Waals surface area (Å²) >= 11 is 0. The minimum absolute atomic E-state index is 0.0245. The van der Waals surface area contributed by atoms with Crippen LogP contribution in [0.4, 0.5) is 0 Å². The number of primary amides is 1. The minimum Gasteiger partial charge on any atom is -0.496 e. The Kier molecular flexibility index (Phi) is 6.71. The average molecular weight is 449 g/mol. The van der Waals surface area contributed by atoms with E-state index in [1.165, 1.54) is 21.1 Å². The van der Waals surface area contributed by atoms with E-state index >= 15 is 0 Å². The molecule has 0 bridgehead atoms. The second-order valence-corrected chi connectivity index (χ2v) is 9.62. The maximum atomic E-state index is 12.9. The van der Waals surface area contributed by atoms with Gasteiger partial charge in [0.15, 0.2) is 0 Å². The van der Waals surface area contributed by atoms with Crippen molar-refractivity contribution in [3.05, 3.63) is 47.8 Å². The maximum Gasteiger partial charge on any atom is 0.265 e. The number of nitrogens with two attached hydrogens (primary N) is 1. The smallest absolute Gasteiger partial charge is 0.265 e. The van der Waals surface area contributed by atoms with Crippen molar-refractivity contribution >= 4 is 21.8 Å². The summed E-state index contributed by atoms with van der Waals surface area (Å²) in [5.41, 5.74) is 6.29. The second-order valence-electron chi connectivity index (χ2n) is 7.69. The Morgan fingerprint density at radius 1 is 1.23 bits per heavy atom. The van der Waals surface area contributed by atoms with E-state index in [1.807, 2.05) is 31.2 Å². The normalized spacial score (nSPS) is 16.6. The van der Waals surface area contributed by atoms with Crippen LogP contribution in [0.2, 0.25) is 0 Å². The Balaban J connectivity index is 1.63. The molecule has 9 nitrogen and oxygen atoms in total. The van der Waals surface area contributed by atoms with Crippen molar-refractivity contribution < 1.29 is 22.7 Å². The number of amides is 2. The minimum atomic E-state index is -3.76. The number of hydrogen-bond acceptors (Lipinski definition) is 5. The molecule has 2 aromatic rings. The number of sulfonamides is 1. The number of carbonyl (C=O) groups excluding carboxylic acids is 2. The number of nitrogens with one attached hydrogen (secondary N) is 1. The summed E-state index contributed by atoms with van der Waals surface area (Å²) in [6.07, 6.45) is 2.21. The monoisotopic (exact) mass is 448 g/mol. The Bertz CT molecular complexity index is 1070. The number of nitrogens with zero attached hydrogens (tertiary/aromatic N) is 2. The van der Waals surface area contributed by atoms with Gasteiger partial charge in [0.1, 0.15) is 16.3 Å². The van der Waals surface area contributed by atoms with Gasteiger partial charge in [0.2, 0.25) is 15.9 Å². The van der Waals surface area contributed by atoms with Crippen LogP contribution in [0.3, 0.4) is 0 Å². The van der Waals surface area contributed by atoms with Crippen LogP contribution in [-0.2, 0) is 21.9 Å². The van der Waals surface area contributed by atoms with Crippen LogP contribution in [0.1, 0.15) is 41.9 Å². The van der Waals surface area contributed by atoms with Gasteiger partial charge in [0.05, 0.1) is 13.2 Å². The fourth-order valence-electron chi connectivity index (χ4n) is 3.86. The summed E-state index contributed by atoms with van der Waals surface area (Å²) in [4.78, 5) is 24.2. The summed E-state index contributed by atoms with van der Waals surface area (Å²) in [6.45, 7) is 2.34. The molecular weight excluding hydrogens is 420 g/mol. The Hall–Kier alpha value is -2.85. The predicted octanol–water partition coefficient (Wildman–Crippen LogP) is 1.41. The first-order valence-corrected chi connectivity index (χ1v) is 11.5. The third-order valence-corrected chi connectivity index (χ3v) is 7.52. The van der Waals surface area contributed by atoms with Crippen molar-refractivity contribution in [2.24, 2.45) is 18.7 Å². The summed E-state index contributed by atoms with van der Waals surface area (Å²) in [5, 5.41) is 3.01. The van der Waals surface area contributed by atoms with E-state index in [-0.39, 0.29) is 41.5 Å². The van der Waals surface area contributed by atoms with Crippen molar-refractivity contribution in [1.82, 2.24) is 14.2 Å². The van der Waals surface area contributed by atoms with E-state index in [2.05, 4.69) is 5.32 Å². The number of carbonyl (C=O) groups is 2. The van der Waals surface area contributed by atoms with Gasteiger partial charge in [-0.05, 0) is 31.9 Å². The van der Waals surface area contributed by atoms with Gasteiger partial charge in [0.25, 0.3) is 5.91 Å². The molecular formula is C21H28N4O5S. The SMILES string of the molecule is COc1ccccc1C(C)NC(=O)C1CCN(S(=O)(=O)c2cc(C(N)=O)n(C)c2)CC1. The van der Waals surface area contributed by atoms with Crippen LogP contribution in [0.5, 0.6) is 5.75 Å². The number of methoxy groups -OCH3 is 1. The largest absolute Gasteiger partial charge is 0.496 e. The molecule has 1 saturated heterocycles. The van der Waals surface area contributed by atoms with E-state index in [4.69, 9.17) is 10.5 Å². The second kappa shape index (κ2) is 9.11. The van der Waals surface area contributed by atoms with Crippen molar-refractivity contribution in [3.8, 4) is 5.75 Å². The number of benzene rings is 1. The summed E-state index contributed by atoms with van der Waals surface area (Å²) in [5.74, 6) is -0.371. The molecule has 1 aliphatic rings. The molecule has 0 aliphatic carbocycles. The molecule has 0 saturated carbocycles. The topological polar surface area (TPSA) is 124 Å². The van der Waals surface area contributed by atoms with Crippen LogP contribution in [0, 0.1) is 5.92 Å². The molecule has 1 fully saturated rings. The van der Waals surface area contributed by atoms with Crippen LogP contribution in [0.15, 0.2) is 41.4 Å². The van der Waals surface area contributed by atoms with Gasteiger partial charge >= 0.3 is 0 Å². The highest BCUT2D eigenvalue weighted by atomic mass is 32.2. The molecule has 1 aromatic heterocycles. The van der Waals surface area contributed by atoms with Crippen molar-refractivity contribution in [3.63, 3.8) is 0 Å². The van der Waals surface area contributed by atoms with Gasteiger partial charge in [-0.3, -0.25) is 9.59 Å². The van der Waals surface area contributed by atoms with E-state index < -0.39 is 15.9 Å². The molecule has 2 amide bonds. The average Bonchev–Trinajstić information content (AvgIpc) is 3.16. The molecule has 1 aliphatic heterocycles. The molecule has 1 unspecified atom stereocenters. The van der Waals surface area contributed by atoms with Crippen molar-refractivity contribution in [2.75, 3.05) is 20.2 Å². The summed E-state index contributed by atoms with van der Waals surface area (Å²) < 4.78 is 34.0. The lowest BCUT2D eigenvalue weighted by Gasteiger charge is -2.31. The fraction of sp³-hybridized carbons (Fsp3) is 0.429. The van der Waals surface area contributed by atoms with Gasteiger partial charge in [-0.1, -0.05) is 18.2 Å². The number of para-hydroxylation sites is 1. The molecule has 31 heavy (non-hydrogen) atoms. The molecule has 3 rings (SSSR count). The molecule has 0 radical (unpaired) electrons. The Morgan fingerprint density at radius 2 is 1.87 bits per heavy atom. The summed E-state index contributed by atoms with van der Waals surface area (Å²) in [7, 11) is -0.611. The zero-order valence-electron chi connectivity index (χ0n) is 17.9. The number of rotatable bonds is 7. The van der Waals surface area contributed by atoms with Crippen molar-refractivity contribution in [2.45, 2.75) is 30.7 Å². The zero-order chi connectivity index (χ0) is 22.8. The molecule has 1 atom stereocenters. The third kappa shape index (κ3) is 4.75. The quantitative estimate of drug-likeness (QED) is 0.663. The summed E-state index contributed by atoms with van der Waals surface area (Å²) in [6, 6.07) is 8.55. The number of aromatic nitrogens is 1. The molecule has 2 heterocycles. The fourth-order valence-corrected chi connectivity index (χ4v) is 5.40. The molecule has 168 valence electrons. The van der Waals surface area contributed by atoms with Gasteiger partial charge in [-0.15, -0.1) is 0 Å². The lowest BCUT2D eigenvalue weighted by atomic mass is 9.96. The van der Waals surface area contributed by atoms with E-state index in [0.717, 1.165) is 5.56 Å². The van der Waals surface area contributed by atoms with Gasteiger partial charge in [-0.2, -0.15) is 4.31 Å². The molecule has 0 spiro atoms. The van der Waals surface area contributed by atoms with Crippen molar-refractivity contribution in [1.29, 1.82) is 0 Å². The predicted molar refractivity (Wildman–Crippen MR) is 115 cm³/mol. The first-order valence-electron chi connectivity index (χ1n) is 10.0. The number of piperidine rings is 1. The van der Waals surface area contributed by atoms with E-state index in [0.29, 0.717) is 18.6 Å². The van der Waals surface area contributed by atoms with E-state index in [9.17, 15) is 18.0 Å². The van der Waals surface area contributed by atoms with E-state index in [1.54, 1.807) is 14.2 Å². The van der Waals surface area contributed by atoms with Gasteiger partial charge in [-0.25, -0.2) is 8.42 Å². The highest BCUT2D eigenvalue weighted by Crippen LogP contribution is 2.27. The number of aryl methyl sites for hydroxylation is 1. The van der Waals surface area contributed by atoms with Crippen LogP contribution in [-0.4, -0.2) is 49.3 Å². The highest BCUT2D eigenvalue weighted by Gasteiger charge is 2.33. The third-order valence-electron chi connectivity index (χ3n) is 5.66. The van der Waals surface area contributed by atoms with Gasteiger partial charge in [0, 0.05) is 37.8 Å². The Morgan fingerprint density at radius 3 is 2.45 bits per heavy atom. The lowest BCUT2D eigenvalue weighted by molar-refractivity contribution is -0.126. The Labute approximate surface area is 182 Å². The van der Waals surface area contributed by atoms with Crippen LogP contribution >= 0.6 is 0 Å².